The third kappa shape index (κ3) is 2.64. The fourth-order valence-corrected chi connectivity index (χ4v) is 1.45. The Morgan fingerprint density at radius 2 is 1.53 bits per heavy atom. The van der Waals surface area contributed by atoms with Crippen molar-refractivity contribution in [2.24, 2.45) is 0 Å². The second kappa shape index (κ2) is 3.43. The van der Waals surface area contributed by atoms with E-state index in [-0.39, 0.29) is 11.3 Å². The number of halogens is 3. The van der Waals surface area contributed by atoms with Crippen molar-refractivity contribution in [2.75, 3.05) is 5.73 Å². The molecular weight excluding hydrogens is 203 g/mol. The molecule has 0 radical (unpaired) electrons. The van der Waals surface area contributed by atoms with Gasteiger partial charge in [0.1, 0.15) is 0 Å². The van der Waals surface area contributed by atoms with Crippen LogP contribution >= 0.6 is 0 Å². The summed E-state index contributed by atoms with van der Waals surface area (Å²) in [6, 6.07) is 3.93. The van der Waals surface area contributed by atoms with Gasteiger partial charge in [-0.1, -0.05) is 26.8 Å². The van der Waals surface area contributed by atoms with Crippen LogP contribution in [-0.4, -0.2) is 0 Å². The van der Waals surface area contributed by atoms with Crippen molar-refractivity contribution in [2.45, 2.75) is 32.4 Å². The first-order valence-electron chi connectivity index (χ1n) is 4.59. The van der Waals surface area contributed by atoms with E-state index in [2.05, 4.69) is 0 Å². The van der Waals surface area contributed by atoms with Gasteiger partial charge in [0.2, 0.25) is 0 Å². The van der Waals surface area contributed by atoms with Crippen molar-refractivity contribution in [3.05, 3.63) is 29.3 Å². The average molecular weight is 217 g/mol. The first-order valence-corrected chi connectivity index (χ1v) is 4.59. The summed E-state index contributed by atoms with van der Waals surface area (Å²) in [5.41, 5.74) is 4.58. The maximum atomic E-state index is 12.7. The van der Waals surface area contributed by atoms with Crippen molar-refractivity contribution in [3.63, 3.8) is 0 Å². The lowest BCUT2D eigenvalue weighted by atomic mass is 9.83. The first kappa shape index (κ1) is 11.9. The van der Waals surface area contributed by atoms with Crippen molar-refractivity contribution >= 4 is 5.69 Å². The molecule has 0 amide bonds. The summed E-state index contributed by atoms with van der Waals surface area (Å²) in [7, 11) is 0. The average Bonchev–Trinajstić information content (AvgIpc) is 2.00. The summed E-state index contributed by atoms with van der Waals surface area (Å²) in [6.07, 6.45) is -4.35. The van der Waals surface area contributed by atoms with Crippen LogP contribution in [0.15, 0.2) is 18.2 Å². The third-order valence-electron chi connectivity index (χ3n) is 2.16. The van der Waals surface area contributed by atoms with Gasteiger partial charge in [0.05, 0.1) is 5.56 Å². The molecule has 0 aliphatic rings. The molecule has 1 aromatic rings. The Hall–Kier alpha value is -1.19. The standard InChI is InChI=1S/C11H14F3N/c1-10(2,3)8-5-4-7(15)6-9(8)11(12,13)14/h4-6H,15H2,1-3H3. The lowest BCUT2D eigenvalue weighted by Crippen LogP contribution is -2.19. The van der Waals surface area contributed by atoms with Gasteiger partial charge in [0, 0.05) is 5.69 Å². The van der Waals surface area contributed by atoms with E-state index in [9.17, 15) is 13.2 Å². The Bertz CT molecular complexity index is 361. The van der Waals surface area contributed by atoms with Gasteiger partial charge in [-0.05, 0) is 23.1 Å². The van der Waals surface area contributed by atoms with E-state index >= 15 is 0 Å². The van der Waals surface area contributed by atoms with Crippen LogP contribution in [0, 0.1) is 0 Å². The third-order valence-corrected chi connectivity index (χ3v) is 2.16. The number of nitrogens with two attached hydrogens (primary N) is 1. The van der Waals surface area contributed by atoms with Gasteiger partial charge in [-0.2, -0.15) is 13.2 Å². The SMILES string of the molecule is CC(C)(C)c1ccc(N)cc1C(F)(F)F. The molecule has 84 valence electrons. The largest absolute Gasteiger partial charge is 0.416 e. The lowest BCUT2D eigenvalue weighted by Gasteiger charge is -2.24. The van der Waals surface area contributed by atoms with Crippen LogP contribution in [0.2, 0.25) is 0 Å². The molecular formula is C11H14F3N. The van der Waals surface area contributed by atoms with Crippen molar-refractivity contribution < 1.29 is 13.2 Å². The Morgan fingerprint density at radius 1 is 1.00 bits per heavy atom. The van der Waals surface area contributed by atoms with Crippen LogP contribution in [0.25, 0.3) is 0 Å². The van der Waals surface area contributed by atoms with Crippen LogP contribution in [0.5, 0.6) is 0 Å². The number of alkyl halides is 3. The zero-order chi connectivity index (χ0) is 11.9. The number of benzene rings is 1. The van der Waals surface area contributed by atoms with Gasteiger partial charge in [-0.25, -0.2) is 0 Å². The topological polar surface area (TPSA) is 26.0 Å². The van der Waals surface area contributed by atoms with E-state index in [0.29, 0.717) is 0 Å². The summed E-state index contributed by atoms with van der Waals surface area (Å²) in [4.78, 5) is 0. The van der Waals surface area contributed by atoms with Crippen molar-refractivity contribution in [1.29, 1.82) is 0 Å². The minimum absolute atomic E-state index is 0.135. The Morgan fingerprint density at radius 3 is 1.93 bits per heavy atom. The fraction of sp³-hybridized carbons (Fsp3) is 0.455. The molecule has 1 rings (SSSR count). The zero-order valence-electron chi connectivity index (χ0n) is 8.94. The van der Waals surface area contributed by atoms with E-state index in [1.807, 2.05) is 0 Å². The minimum atomic E-state index is -4.35. The molecule has 15 heavy (non-hydrogen) atoms. The van der Waals surface area contributed by atoms with Gasteiger partial charge < -0.3 is 5.73 Å². The van der Waals surface area contributed by atoms with E-state index in [0.717, 1.165) is 6.07 Å². The molecule has 4 heteroatoms. The first-order chi connectivity index (χ1) is 6.62. The number of hydrogen-bond donors (Lipinski definition) is 1. The Kier molecular flexibility index (Phi) is 2.72. The number of rotatable bonds is 0. The van der Waals surface area contributed by atoms with Gasteiger partial charge in [-0.3, -0.25) is 0 Å². The van der Waals surface area contributed by atoms with E-state index < -0.39 is 17.2 Å². The predicted molar refractivity (Wildman–Crippen MR) is 54.6 cm³/mol. The van der Waals surface area contributed by atoms with E-state index in [1.165, 1.54) is 12.1 Å². The highest BCUT2D eigenvalue weighted by molar-refractivity contribution is 5.48. The quantitative estimate of drug-likeness (QED) is 0.660. The molecule has 0 unspecified atom stereocenters. The van der Waals surface area contributed by atoms with Crippen LogP contribution in [0.4, 0.5) is 18.9 Å². The molecule has 0 fully saturated rings. The molecule has 0 aromatic heterocycles. The summed E-state index contributed by atoms with van der Waals surface area (Å²) >= 11 is 0. The number of anilines is 1. The van der Waals surface area contributed by atoms with Crippen molar-refractivity contribution in [1.82, 2.24) is 0 Å². The summed E-state index contributed by atoms with van der Waals surface area (Å²) < 4.78 is 38.1. The number of hydrogen-bond acceptors (Lipinski definition) is 1. The van der Waals surface area contributed by atoms with E-state index in [4.69, 9.17) is 5.73 Å². The van der Waals surface area contributed by atoms with Crippen molar-refractivity contribution in [3.8, 4) is 0 Å². The van der Waals surface area contributed by atoms with Gasteiger partial charge in [0.15, 0.2) is 0 Å². The second-order valence-electron chi connectivity index (χ2n) is 4.55. The summed E-state index contributed by atoms with van der Waals surface area (Å²) in [5.74, 6) is 0. The Labute approximate surface area is 87.1 Å². The van der Waals surface area contributed by atoms with Gasteiger partial charge in [0.25, 0.3) is 0 Å². The summed E-state index contributed by atoms with van der Waals surface area (Å²) in [6.45, 7) is 5.23. The van der Waals surface area contributed by atoms with E-state index in [1.54, 1.807) is 20.8 Å². The molecule has 0 bridgehead atoms. The zero-order valence-corrected chi connectivity index (χ0v) is 8.94. The highest BCUT2D eigenvalue weighted by Crippen LogP contribution is 2.38. The predicted octanol–water partition coefficient (Wildman–Crippen LogP) is 3.59. The normalized spacial score (nSPS) is 12.9. The van der Waals surface area contributed by atoms with Gasteiger partial charge in [-0.15, -0.1) is 0 Å². The molecule has 0 aliphatic carbocycles. The monoisotopic (exact) mass is 217 g/mol. The molecule has 2 N–H and O–H groups in total. The fourth-order valence-electron chi connectivity index (χ4n) is 1.45. The molecule has 0 spiro atoms. The van der Waals surface area contributed by atoms with Crippen LogP contribution in [-0.2, 0) is 11.6 Å². The smallest absolute Gasteiger partial charge is 0.399 e. The van der Waals surface area contributed by atoms with Crippen LogP contribution in [0.1, 0.15) is 31.9 Å². The maximum Gasteiger partial charge on any atom is 0.416 e. The highest BCUT2D eigenvalue weighted by atomic mass is 19.4. The minimum Gasteiger partial charge on any atom is -0.399 e. The van der Waals surface area contributed by atoms with Gasteiger partial charge >= 0.3 is 6.18 Å². The highest BCUT2D eigenvalue weighted by Gasteiger charge is 2.36. The molecule has 0 saturated carbocycles. The maximum absolute atomic E-state index is 12.7. The van der Waals surface area contributed by atoms with Crippen LogP contribution < -0.4 is 5.73 Å². The van der Waals surface area contributed by atoms with Crippen LogP contribution in [0.3, 0.4) is 0 Å². The summed E-state index contributed by atoms with van der Waals surface area (Å²) in [5, 5.41) is 0. The molecule has 0 aliphatic heterocycles. The second-order valence-corrected chi connectivity index (χ2v) is 4.55. The molecule has 0 atom stereocenters. The number of nitrogen functional groups attached to an aromatic ring is 1. The molecule has 0 heterocycles. The molecule has 1 nitrogen and oxygen atoms in total. The molecule has 0 saturated heterocycles. The lowest BCUT2D eigenvalue weighted by molar-refractivity contribution is -0.138. The molecule has 1 aromatic carbocycles. The Balaban J connectivity index is 3.41.